The van der Waals surface area contributed by atoms with Crippen molar-refractivity contribution in [3.63, 3.8) is 0 Å². The third kappa shape index (κ3) is 2.55. The van der Waals surface area contributed by atoms with E-state index in [4.69, 9.17) is 5.73 Å². The highest BCUT2D eigenvalue weighted by atomic mass is 32.2. The van der Waals surface area contributed by atoms with Crippen LogP contribution in [0.2, 0.25) is 0 Å². The topological polar surface area (TPSA) is 51.8 Å². The van der Waals surface area contributed by atoms with Crippen molar-refractivity contribution in [1.82, 2.24) is 10.2 Å². The van der Waals surface area contributed by atoms with E-state index >= 15 is 0 Å². The van der Waals surface area contributed by atoms with Crippen LogP contribution in [0.3, 0.4) is 0 Å². The van der Waals surface area contributed by atoms with Gasteiger partial charge in [0.2, 0.25) is 0 Å². The highest BCUT2D eigenvalue weighted by Crippen LogP contribution is 2.44. The lowest BCUT2D eigenvalue weighted by Gasteiger charge is -2.25. The van der Waals surface area contributed by atoms with E-state index in [9.17, 15) is 0 Å². The molecule has 0 aliphatic heterocycles. The molecule has 1 aliphatic carbocycles. The summed E-state index contributed by atoms with van der Waals surface area (Å²) in [5.74, 6) is 0. The van der Waals surface area contributed by atoms with E-state index in [1.807, 2.05) is 6.26 Å². The number of rotatable bonds is 3. The third-order valence-electron chi connectivity index (χ3n) is 3.19. The van der Waals surface area contributed by atoms with Crippen LogP contribution in [0.5, 0.6) is 0 Å². The van der Waals surface area contributed by atoms with Crippen LogP contribution in [0.4, 0.5) is 0 Å². The first-order chi connectivity index (χ1) is 7.53. The Hall–Kier alpha value is 0.220. The SMILES string of the molecule is CSc1nnc(SC2CCC(C)(C)C2N)s1. The first-order valence-corrected chi connectivity index (χ1v) is 8.25. The zero-order valence-corrected chi connectivity index (χ0v) is 12.2. The summed E-state index contributed by atoms with van der Waals surface area (Å²) in [5.41, 5.74) is 6.54. The molecule has 1 aliphatic rings. The molecule has 0 saturated heterocycles. The first kappa shape index (κ1) is 12.7. The molecular weight excluding hydrogens is 258 g/mol. The Kier molecular flexibility index (Phi) is 3.83. The Morgan fingerprint density at radius 1 is 1.38 bits per heavy atom. The van der Waals surface area contributed by atoms with Crippen LogP contribution in [0, 0.1) is 5.41 Å². The van der Waals surface area contributed by atoms with Crippen LogP contribution in [-0.4, -0.2) is 27.7 Å². The summed E-state index contributed by atoms with van der Waals surface area (Å²) in [4.78, 5) is 0. The van der Waals surface area contributed by atoms with Gasteiger partial charge in [0.25, 0.3) is 0 Å². The highest BCUT2D eigenvalue weighted by molar-refractivity contribution is 8.03. The molecule has 2 unspecified atom stereocenters. The van der Waals surface area contributed by atoms with Crippen molar-refractivity contribution in [1.29, 1.82) is 0 Å². The van der Waals surface area contributed by atoms with Gasteiger partial charge in [0.1, 0.15) is 0 Å². The quantitative estimate of drug-likeness (QED) is 0.860. The predicted molar refractivity (Wildman–Crippen MR) is 72.3 cm³/mol. The van der Waals surface area contributed by atoms with Gasteiger partial charge in [-0.1, -0.05) is 48.7 Å². The van der Waals surface area contributed by atoms with Gasteiger partial charge in [0.05, 0.1) is 0 Å². The Labute approximate surface area is 109 Å². The number of hydrogen-bond donors (Lipinski definition) is 1. The van der Waals surface area contributed by atoms with Gasteiger partial charge in [0.15, 0.2) is 8.68 Å². The molecule has 1 saturated carbocycles. The average Bonchev–Trinajstić information content (AvgIpc) is 2.79. The van der Waals surface area contributed by atoms with E-state index < -0.39 is 0 Å². The number of hydrogen-bond acceptors (Lipinski definition) is 6. The van der Waals surface area contributed by atoms with Crippen LogP contribution in [0.25, 0.3) is 0 Å². The van der Waals surface area contributed by atoms with Gasteiger partial charge in [0, 0.05) is 11.3 Å². The molecule has 1 heterocycles. The van der Waals surface area contributed by atoms with Gasteiger partial charge < -0.3 is 5.73 Å². The van der Waals surface area contributed by atoms with Crippen molar-refractivity contribution >= 4 is 34.9 Å². The summed E-state index contributed by atoms with van der Waals surface area (Å²) in [5, 5.41) is 8.79. The first-order valence-electron chi connectivity index (χ1n) is 5.32. The summed E-state index contributed by atoms with van der Waals surface area (Å²) in [6.45, 7) is 4.51. The molecule has 0 aromatic carbocycles. The molecule has 90 valence electrons. The number of aromatic nitrogens is 2. The van der Waals surface area contributed by atoms with E-state index in [0.29, 0.717) is 5.25 Å². The molecule has 2 N–H and O–H groups in total. The van der Waals surface area contributed by atoms with E-state index in [1.165, 1.54) is 12.8 Å². The van der Waals surface area contributed by atoms with E-state index in [1.54, 1.807) is 34.9 Å². The standard InChI is InChI=1S/C10H17N3S3/c1-10(2)5-4-6(7(10)11)15-9-13-12-8(14-3)16-9/h6-7H,4-5,11H2,1-3H3. The summed E-state index contributed by atoms with van der Waals surface area (Å²) in [7, 11) is 0. The second-order valence-electron chi connectivity index (χ2n) is 4.75. The molecule has 0 amide bonds. The minimum Gasteiger partial charge on any atom is -0.326 e. The number of nitrogens with zero attached hydrogens (tertiary/aromatic N) is 2. The minimum atomic E-state index is 0.263. The van der Waals surface area contributed by atoms with Crippen LogP contribution >= 0.6 is 34.9 Å². The lowest BCUT2D eigenvalue weighted by Crippen LogP contribution is -2.38. The molecule has 0 spiro atoms. The van der Waals surface area contributed by atoms with Crippen molar-refractivity contribution in [2.24, 2.45) is 11.1 Å². The van der Waals surface area contributed by atoms with Gasteiger partial charge in [-0.3, -0.25) is 0 Å². The van der Waals surface area contributed by atoms with Gasteiger partial charge in [-0.25, -0.2) is 0 Å². The monoisotopic (exact) mass is 275 g/mol. The Bertz CT molecular complexity index is 364. The Morgan fingerprint density at radius 3 is 2.56 bits per heavy atom. The van der Waals surface area contributed by atoms with Crippen molar-refractivity contribution < 1.29 is 0 Å². The average molecular weight is 275 g/mol. The van der Waals surface area contributed by atoms with Crippen LogP contribution < -0.4 is 5.73 Å². The lowest BCUT2D eigenvalue weighted by molar-refractivity contribution is 0.334. The molecule has 1 aromatic heterocycles. The van der Waals surface area contributed by atoms with Crippen molar-refractivity contribution in [3.05, 3.63) is 0 Å². The summed E-state index contributed by atoms with van der Waals surface area (Å²) in [6, 6.07) is 0.263. The van der Waals surface area contributed by atoms with Crippen molar-refractivity contribution in [2.45, 2.75) is 46.7 Å². The molecule has 0 radical (unpaired) electrons. The number of nitrogens with two attached hydrogens (primary N) is 1. The Morgan fingerprint density at radius 2 is 2.06 bits per heavy atom. The number of thioether (sulfide) groups is 2. The summed E-state index contributed by atoms with van der Waals surface area (Å²) in [6.07, 6.45) is 4.42. The van der Waals surface area contributed by atoms with E-state index in [0.717, 1.165) is 8.68 Å². The molecule has 3 nitrogen and oxygen atoms in total. The van der Waals surface area contributed by atoms with Crippen molar-refractivity contribution in [3.8, 4) is 0 Å². The van der Waals surface area contributed by atoms with Gasteiger partial charge in [-0.2, -0.15) is 0 Å². The maximum absolute atomic E-state index is 6.27. The van der Waals surface area contributed by atoms with Crippen LogP contribution in [0.15, 0.2) is 8.68 Å². The van der Waals surface area contributed by atoms with Gasteiger partial charge in [-0.05, 0) is 24.5 Å². The maximum atomic E-state index is 6.27. The molecule has 6 heteroatoms. The smallest absolute Gasteiger partial charge is 0.175 e. The Balaban J connectivity index is 2.00. The second kappa shape index (κ2) is 4.84. The zero-order chi connectivity index (χ0) is 11.8. The fourth-order valence-electron chi connectivity index (χ4n) is 1.95. The lowest BCUT2D eigenvalue weighted by atomic mass is 9.88. The summed E-state index contributed by atoms with van der Waals surface area (Å²) >= 11 is 5.12. The fraction of sp³-hybridized carbons (Fsp3) is 0.800. The van der Waals surface area contributed by atoms with Crippen molar-refractivity contribution in [2.75, 3.05) is 6.26 Å². The molecular formula is C10H17N3S3. The zero-order valence-electron chi connectivity index (χ0n) is 9.77. The molecule has 1 aromatic rings. The summed E-state index contributed by atoms with van der Waals surface area (Å²) < 4.78 is 2.09. The molecule has 2 rings (SSSR count). The van der Waals surface area contributed by atoms with Gasteiger partial charge >= 0.3 is 0 Å². The highest BCUT2D eigenvalue weighted by Gasteiger charge is 2.40. The van der Waals surface area contributed by atoms with Crippen LogP contribution in [-0.2, 0) is 0 Å². The molecule has 16 heavy (non-hydrogen) atoms. The fourth-order valence-corrected chi connectivity index (χ4v) is 5.01. The van der Waals surface area contributed by atoms with Gasteiger partial charge in [-0.15, -0.1) is 10.2 Å². The second-order valence-corrected chi connectivity index (χ2v) is 8.26. The molecule has 0 bridgehead atoms. The minimum absolute atomic E-state index is 0.263. The van der Waals surface area contributed by atoms with E-state index in [-0.39, 0.29) is 11.5 Å². The van der Waals surface area contributed by atoms with E-state index in [2.05, 4.69) is 24.0 Å². The maximum Gasteiger partial charge on any atom is 0.175 e. The largest absolute Gasteiger partial charge is 0.326 e. The molecule has 2 atom stereocenters. The van der Waals surface area contributed by atoms with Crippen LogP contribution in [0.1, 0.15) is 26.7 Å². The normalized spacial score (nSPS) is 28.5. The molecule has 1 fully saturated rings. The predicted octanol–water partition coefficient (Wildman–Crippen LogP) is 2.87. The third-order valence-corrected chi connectivity index (χ3v) is 6.54.